The molecule has 0 spiro atoms. The van der Waals surface area contributed by atoms with Gasteiger partial charge in [0.2, 0.25) is 0 Å². The smallest absolute Gasteiger partial charge is 0.266 e. The summed E-state index contributed by atoms with van der Waals surface area (Å²) in [5.41, 5.74) is 4.35. The summed E-state index contributed by atoms with van der Waals surface area (Å²) in [6.45, 7) is 3.93. The summed E-state index contributed by atoms with van der Waals surface area (Å²) >= 11 is 7.28. The van der Waals surface area contributed by atoms with Gasteiger partial charge in [0, 0.05) is 30.7 Å². The molecular formula is C21H23ClN4O3S. The van der Waals surface area contributed by atoms with Gasteiger partial charge in [-0.2, -0.15) is 5.10 Å². The highest BCUT2D eigenvalue weighted by molar-refractivity contribution is 7.11. The van der Waals surface area contributed by atoms with Crippen LogP contribution < -0.4 is 4.74 Å². The fourth-order valence-electron chi connectivity index (χ4n) is 3.39. The summed E-state index contributed by atoms with van der Waals surface area (Å²) in [5.74, 6) is 0.792. The minimum absolute atomic E-state index is 0.0100. The van der Waals surface area contributed by atoms with Gasteiger partial charge < -0.3 is 14.4 Å². The molecule has 0 bridgehead atoms. The van der Waals surface area contributed by atoms with Crippen LogP contribution in [-0.4, -0.2) is 51.9 Å². The molecule has 0 radical (unpaired) electrons. The van der Waals surface area contributed by atoms with Gasteiger partial charge in [0.15, 0.2) is 0 Å². The Bertz CT molecular complexity index is 1020. The predicted molar refractivity (Wildman–Crippen MR) is 115 cm³/mol. The molecule has 30 heavy (non-hydrogen) atoms. The Morgan fingerprint density at radius 3 is 2.90 bits per heavy atom. The van der Waals surface area contributed by atoms with Crippen LogP contribution in [0.3, 0.4) is 0 Å². The molecule has 0 saturated carbocycles. The topological polar surface area (TPSA) is 69.5 Å². The number of rotatable bonds is 6. The molecule has 0 unspecified atom stereocenters. The molecule has 1 saturated heterocycles. The Labute approximate surface area is 184 Å². The normalized spacial score (nSPS) is 16.6. The van der Waals surface area contributed by atoms with Crippen LogP contribution in [0.5, 0.6) is 5.75 Å². The number of thiazole rings is 1. The number of carbonyl (C=O) groups is 1. The summed E-state index contributed by atoms with van der Waals surface area (Å²) in [4.78, 5) is 19.5. The molecule has 3 aromatic rings. The molecule has 1 aliphatic rings. The lowest BCUT2D eigenvalue weighted by Crippen LogP contribution is -2.42. The second kappa shape index (κ2) is 9.16. The average Bonchev–Trinajstić information content (AvgIpc) is 3.34. The highest BCUT2D eigenvalue weighted by atomic mass is 35.5. The van der Waals surface area contributed by atoms with Gasteiger partial charge in [0.1, 0.15) is 16.7 Å². The zero-order valence-corrected chi connectivity index (χ0v) is 18.4. The summed E-state index contributed by atoms with van der Waals surface area (Å²) in [6.07, 6.45) is 0.467. The van der Waals surface area contributed by atoms with Crippen LogP contribution in [0.2, 0.25) is 5.02 Å². The number of amides is 1. The summed E-state index contributed by atoms with van der Waals surface area (Å²) in [6, 6.07) is 9.34. The Hall–Kier alpha value is -2.42. The Morgan fingerprint density at radius 2 is 2.17 bits per heavy atom. The molecule has 9 heteroatoms. The number of nitrogens with zero attached hydrogens (tertiary/aromatic N) is 4. The SMILES string of the molecule is Cc1ncsc1C(=O)N1CCO[C@@H](c2cc(CCOc3ccc(Cl)cc3)n(C)n2)C1. The van der Waals surface area contributed by atoms with E-state index >= 15 is 0 Å². The van der Waals surface area contributed by atoms with Crippen LogP contribution in [0, 0.1) is 6.92 Å². The van der Waals surface area contributed by atoms with E-state index in [0.29, 0.717) is 42.6 Å². The Morgan fingerprint density at radius 1 is 1.37 bits per heavy atom. The largest absolute Gasteiger partial charge is 0.493 e. The van der Waals surface area contributed by atoms with Gasteiger partial charge in [-0.15, -0.1) is 11.3 Å². The van der Waals surface area contributed by atoms with Gasteiger partial charge in [0.25, 0.3) is 5.91 Å². The number of aromatic nitrogens is 3. The molecule has 0 N–H and O–H groups in total. The van der Waals surface area contributed by atoms with Gasteiger partial charge in [-0.3, -0.25) is 9.48 Å². The molecule has 0 aliphatic carbocycles. The van der Waals surface area contributed by atoms with Crippen molar-refractivity contribution in [2.24, 2.45) is 7.05 Å². The van der Waals surface area contributed by atoms with Crippen molar-refractivity contribution in [1.82, 2.24) is 19.7 Å². The predicted octanol–water partition coefficient (Wildman–Crippen LogP) is 3.67. The van der Waals surface area contributed by atoms with Gasteiger partial charge in [-0.05, 0) is 37.3 Å². The number of benzene rings is 1. The maximum absolute atomic E-state index is 12.8. The number of aryl methyl sites for hydroxylation is 2. The first-order valence-corrected chi connectivity index (χ1v) is 11.0. The average molecular weight is 447 g/mol. The Kier molecular flexibility index (Phi) is 6.36. The number of morpholine rings is 1. The first-order chi connectivity index (χ1) is 14.5. The molecule has 1 amide bonds. The summed E-state index contributed by atoms with van der Waals surface area (Å²) in [7, 11) is 1.91. The molecule has 2 aromatic heterocycles. The maximum atomic E-state index is 12.8. The lowest BCUT2D eigenvalue weighted by Gasteiger charge is -2.32. The zero-order chi connectivity index (χ0) is 21.1. The highest BCUT2D eigenvalue weighted by Gasteiger charge is 2.29. The highest BCUT2D eigenvalue weighted by Crippen LogP contribution is 2.25. The number of halogens is 1. The van der Waals surface area contributed by atoms with E-state index in [2.05, 4.69) is 10.1 Å². The Balaban J connectivity index is 1.37. The van der Waals surface area contributed by atoms with Crippen molar-refractivity contribution in [2.45, 2.75) is 19.4 Å². The summed E-state index contributed by atoms with van der Waals surface area (Å²) in [5, 5.41) is 5.30. The van der Waals surface area contributed by atoms with Crippen molar-refractivity contribution in [3.63, 3.8) is 0 Å². The van der Waals surface area contributed by atoms with Crippen molar-refractivity contribution in [3.05, 3.63) is 62.8 Å². The summed E-state index contributed by atoms with van der Waals surface area (Å²) < 4.78 is 13.6. The van der Waals surface area contributed by atoms with Gasteiger partial charge >= 0.3 is 0 Å². The molecule has 1 atom stereocenters. The number of hydrogen-bond donors (Lipinski definition) is 0. The third-order valence-electron chi connectivity index (χ3n) is 5.06. The van der Waals surface area contributed by atoms with Gasteiger partial charge in [0.05, 0.1) is 36.7 Å². The van der Waals surface area contributed by atoms with E-state index in [0.717, 1.165) is 22.8 Å². The monoisotopic (exact) mass is 446 g/mol. The fourth-order valence-corrected chi connectivity index (χ4v) is 4.28. The minimum Gasteiger partial charge on any atom is -0.493 e. The molecule has 4 rings (SSSR count). The van der Waals surface area contributed by atoms with Crippen molar-refractivity contribution in [1.29, 1.82) is 0 Å². The third-order valence-corrected chi connectivity index (χ3v) is 6.23. The minimum atomic E-state index is -0.243. The van der Waals surface area contributed by atoms with Gasteiger partial charge in [-0.25, -0.2) is 4.98 Å². The van der Waals surface area contributed by atoms with E-state index in [1.807, 2.05) is 41.8 Å². The van der Waals surface area contributed by atoms with Crippen LogP contribution in [0.25, 0.3) is 0 Å². The first kappa shape index (κ1) is 20.8. The van der Waals surface area contributed by atoms with Crippen LogP contribution in [0.1, 0.15) is 32.9 Å². The maximum Gasteiger partial charge on any atom is 0.266 e. The molecule has 1 aliphatic heterocycles. The molecule has 1 fully saturated rings. The van der Waals surface area contributed by atoms with Crippen molar-refractivity contribution >= 4 is 28.8 Å². The van der Waals surface area contributed by atoms with E-state index < -0.39 is 0 Å². The fraction of sp³-hybridized carbons (Fsp3) is 0.381. The van der Waals surface area contributed by atoms with Crippen LogP contribution >= 0.6 is 22.9 Å². The molecular weight excluding hydrogens is 424 g/mol. The molecule has 7 nitrogen and oxygen atoms in total. The number of hydrogen-bond acceptors (Lipinski definition) is 6. The van der Waals surface area contributed by atoms with Crippen molar-refractivity contribution in [3.8, 4) is 5.75 Å². The zero-order valence-electron chi connectivity index (χ0n) is 16.9. The van der Waals surface area contributed by atoms with E-state index in [4.69, 9.17) is 21.1 Å². The van der Waals surface area contributed by atoms with Crippen molar-refractivity contribution < 1.29 is 14.3 Å². The number of ether oxygens (including phenoxy) is 2. The number of carbonyl (C=O) groups excluding carboxylic acids is 1. The first-order valence-electron chi connectivity index (χ1n) is 9.73. The van der Waals surface area contributed by atoms with Gasteiger partial charge in [-0.1, -0.05) is 11.6 Å². The van der Waals surface area contributed by atoms with E-state index in [-0.39, 0.29) is 12.0 Å². The second-order valence-corrected chi connectivity index (χ2v) is 8.41. The standard InChI is InChI=1S/C21H23ClN4O3S/c1-14-20(30-13-23-14)21(27)26-8-10-29-19(12-26)18-11-16(25(2)24-18)7-9-28-17-5-3-15(22)4-6-17/h3-6,11,13,19H,7-10,12H2,1-2H3/t19-/m1/s1. The van der Waals surface area contributed by atoms with E-state index in [9.17, 15) is 4.79 Å². The van der Waals surface area contributed by atoms with Crippen LogP contribution in [0.15, 0.2) is 35.8 Å². The van der Waals surface area contributed by atoms with Crippen LogP contribution in [-0.2, 0) is 18.2 Å². The lowest BCUT2D eigenvalue weighted by atomic mass is 10.1. The second-order valence-electron chi connectivity index (χ2n) is 7.11. The third kappa shape index (κ3) is 4.66. The molecule has 3 heterocycles. The molecule has 158 valence electrons. The molecule has 1 aromatic carbocycles. The quantitative estimate of drug-likeness (QED) is 0.577. The van der Waals surface area contributed by atoms with E-state index in [1.165, 1.54) is 11.3 Å². The lowest BCUT2D eigenvalue weighted by molar-refractivity contribution is -0.0248. The van der Waals surface area contributed by atoms with Crippen LogP contribution in [0.4, 0.5) is 0 Å². The van der Waals surface area contributed by atoms with E-state index in [1.54, 1.807) is 17.6 Å². The van der Waals surface area contributed by atoms with Crippen molar-refractivity contribution in [2.75, 3.05) is 26.3 Å².